The number of thioether (sulfide) groups is 1. The van der Waals surface area contributed by atoms with Gasteiger partial charge in [0, 0.05) is 12.7 Å². The molecule has 2 aromatic rings. The third kappa shape index (κ3) is 2.60. The van der Waals surface area contributed by atoms with Gasteiger partial charge in [-0.2, -0.15) is 0 Å². The van der Waals surface area contributed by atoms with Crippen molar-refractivity contribution in [2.45, 2.75) is 6.92 Å². The molecule has 3 amide bonds. The molecule has 0 aromatic carbocycles. The molecule has 3 heterocycles. The summed E-state index contributed by atoms with van der Waals surface area (Å²) in [6, 6.07) is 3.52. The van der Waals surface area contributed by atoms with E-state index in [0.29, 0.717) is 28.4 Å². The largest absolute Gasteiger partial charge is 0.351 e. The highest BCUT2D eigenvalue weighted by atomic mass is 32.2. The average molecular weight is 316 g/mol. The summed E-state index contributed by atoms with van der Waals surface area (Å²) in [5, 5.41) is 4.53. The normalized spacial score (nSPS) is 16.3. The molecular formula is C14H12N4O3S. The molecule has 7 nitrogen and oxygen atoms in total. The molecule has 112 valence electrons. The number of hydrogen-bond donors (Lipinski definition) is 2. The van der Waals surface area contributed by atoms with E-state index < -0.39 is 5.91 Å². The van der Waals surface area contributed by atoms with E-state index in [4.69, 9.17) is 0 Å². The number of amides is 3. The molecule has 8 heteroatoms. The van der Waals surface area contributed by atoms with E-state index in [9.17, 15) is 14.4 Å². The Kier molecular flexibility index (Phi) is 3.68. The summed E-state index contributed by atoms with van der Waals surface area (Å²) in [6.07, 6.45) is 4.81. The number of aromatic nitrogens is 2. The quantitative estimate of drug-likeness (QED) is 0.835. The number of pyridine rings is 1. The van der Waals surface area contributed by atoms with Crippen LogP contribution in [0.5, 0.6) is 0 Å². The number of hydrogen-bond acceptors (Lipinski definition) is 5. The first-order valence-corrected chi connectivity index (χ1v) is 7.40. The SMILES string of the molecule is CCNC(=O)c1cnc2ccc(/C=C3\SC(=O)NC3=O)cn12. The Hall–Kier alpha value is -2.61. The molecule has 2 aromatic heterocycles. The van der Waals surface area contributed by atoms with Crippen molar-refractivity contribution >= 4 is 40.5 Å². The van der Waals surface area contributed by atoms with Crippen LogP contribution in [0.4, 0.5) is 4.79 Å². The summed E-state index contributed by atoms with van der Waals surface area (Å²) in [6.45, 7) is 2.36. The summed E-state index contributed by atoms with van der Waals surface area (Å²) in [7, 11) is 0. The molecule has 3 rings (SSSR count). The van der Waals surface area contributed by atoms with Crippen LogP contribution < -0.4 is 10.6 Å². The molecule has 0 radical (unpaired) electrons. The van der Waals surface area contributed by atoms with Crippen LogP contribution in [0.25, 0.3) is 11.7 Å². The minimum atomic E-state index is -0.412. The highest BCUT2D eigenvalue weighted by molar-refractivity contribution is 8.18. The molecule has 2 N–H and O–H groups in total. The number of carbonyl (C=O) groups is 3. The number of rotatable bonds is 3. The van der Waals surface area contributed by atoms with E-state index in [2.05, 4.69) is 15.6 Å². The van der Waals surface area contributed by atoms with Gasteiger partial charge in [0.25, 0.3) is 17.1 Å². The molecule has 0 aliphatic carbocycles. The summed E-state index contributed by atoms with van der Waals surface area (Å²) in [4.78, 5) is 39.2. The maximum atomic E-state index is 12.0. The van der Waals surface area contributed by atoms with E-state index >= 15 is 0 Å². The maximum absolute atomic E-state index is 12.0. The van der Waals surface area contributed by atoms with Gasteiger partial charge in [-0.3, -0.25) is 24.1 Å². The predicted octanol–water partition coefficient (Wildman–Crippen LogP) is 1.41. The first-order valence-electron chi connectivity index (χ1n) is 6.58. The van der Waals surface area contributed by atoms with Gasteiger partial charge in [0.15, 0.2) is 0 Å². The number of fused-ring (bicyclic) bond motifs is 1. The number of nitrogens with one attached hydrogen (secondary N) is 2. The zero-order valence-electron chi connectivity index (χ0n) is 11.6. The standard InChI is InChI=1S/C14H12N4O3S/c1-2-15-12(19)9-6-16-11-4-3-8(7-18(9)11)5-10-13(20)17-14(21)22-10/h3-7H,2H2,1H3,(H,15,19)(H,17,20,21)/b10-5-. The molecule has 22 heavy (non-hydrogen) atoms. The second-order valence-electron chi connectivity index (χ2n) is 4.55. The zero-order chi connectivity index (χ0) is 15.7. The lowest BCUT2D eigenvalue weighted by Crippen LogP contribution is -2.24. The summed E-state index contributed by atoms with van der Waals surface area (Å²) in [5.41, 5.74) is 1.74. The van der Waals surface area contributed by atoms with E-state index in [1.54, 1.807) is 28.8 Å². The van der Waals surface area contributed by atoms with Crippen molar-refractivity contribution in [3.05, 3.63) is 40.7 Å². The van der Waals surface area contributed by atoms with Crippen molar-refractivity contribution in [1.82, 2.24) is 20.0 Å². The smallest absolute Gasteiger partial charge is 0.290 e. The Balaban J connectivity index is 2.00. The van der Waals surface area contributed by atoms with Crippen molar-refractivity contribution in [2.24, 2.45) is 0 Å². The Morgan fingerprint density at radius 3 is 2.95 bits per heavy atom. The van der Waals surface area contributed by atoms with Gasteiger partial charge in [0.1, 0.15) is 11.3 Å². The lowest BCUT2D eigenvalue weighted by atomic mass is 10.2. The van der Waals surface area contributed by atoms with Crippen molar-refractivity contribution in [3.63, 3.8) is 0 Å². The minimum Gasteiger partial charge on any atom is -0.351 e. The van der Waals surface area contributed by atoms with Crippen LogP contribution in [0.15, 0.2) is 29.4 Å². The van der Waals surface area contributed by atoms with Crippen LogP contribution in [0.2, 0.25) is 0 Å². The Bertz CT molecular complexity index is 825. The first-order chi connectivity index (χ1) is 10.6. The summed E-state index contributed by atoms with van der Waals surface area (Å²) in [5.74, 6) is -0.632. The zero-order valence-corrected chi connectivity index (χ0v) is 12.4. The Morgan fingerprint density at radius 2 is 2.27 bits per heavy atom. The van der Waals surface area contributed by atoms with Crippen LogP contribution in [0.1, 0.15) is 23.0 Å². The van der Waals surface area contributed by atoms with Gasteiger partial charge in [-0.05, 0) is 42.5 Å². The third-order valence-corrected chi connectivity index (χ3v) is 3.85. The molecule has 1 saturated heterocycles. The van der Waals surface area contributed by atoms with Crippen LogP contribution in [-0.2, 0) is 4.79 Å². The van der Waals surface area contributed by atoms with Crippen LogP contribution in [0, 0.1) is 0 Å². The van der Waals surface area contributed by atoms with Crippen LogP contribution in [0.3, 0.4) is 0 Å². The fourth-order valence-corrected chi connectivity index (χ4v) is 2.76. The average Bonchev–Trinajstić information content (AvgIpc) is 3.02. The van der Waals surface area contributed by atoms with E-state index in [0.717, 1.165) is 11.8 Å². The number of imide groups is 1. The van der Waals surface area contributed by atoms with E-state index in [1.807, 2.05) is 6.92 Å². The predicted molar refractivity (Wildman–Crippen MR) is 82.3 cm³/mol. The monoisotopic (exact) mass is 316 g/mol. The molecule has 1 aliphatic heterocycles. The van der Waals surface area contributed by atoms with E-state index in [-0.39, 0.29) is 11.1 Å². The van der Waals surface area contributed by atoms with Crippen LogP contribution in [-0.4, -0.2) is 33.0 Å². The van der Waals surface area contributed by atoms with Gasteiger partial charge in [0.2, 0.25) is 0 Å². The molecule has 0 atom stereocenters. The third-order valence-electron chi connectivity index (χ3n) is 3.04. The van der Waals surface area contributed by atoms with Crippen molar-refractivity contribution in [3.8, 4) is 0 Å². The fraction of sp³-hybridized carbons (Fsp3) is 0.143. The molecule has 0 bridgehead atoms. The van der Waals surface area contributed by atoms with Gasteiger partial charge in [-0.15, -0.1) is 0 Å². The molecule has 1 fully saturated rings. The maximum Gasteiger partial charge on any atom is 0.290 e. The molecule has 0 spiro atoms. The van der Waals surface area contributed by atoms with E-state index in [1.165, 1.54) is 6.20 Å². The topological polar surface area (TPSA) is 92.6 Å². The second kappa shape index (κ2) is 5.64. The van der Waals surface area contributed by atoms with Crippen LogP contribution >= 0.6 is 11.8 Å². The number of imidazole rings is 1. The molecule has 0 unspecified atom stereocenters. The van der Waals surface area contributed by atoms with Gasteiger partial charge in [0.05, 0.1) is 11.1 Å². The summed E-state index contributed by atoms with van der Waals surface area (Å²) < 4.78 is 1.65. The first kappa shape index (κ1) is 14.3. The number of carbonyl (C=O) groups excluding carboxylic acids is 3. The molecule has 0 saturated carbocycles. The highest BCUT2D eigenvalue weighted by Crippen LogP contribution is 2.25. The summed E-state index contributed by atoms with van der Waals surface area (Å²) >= 11 is 0.852. The molecule has 1 aliphatic rings. The lowest BCUT2D eigenvalue weighted by Gasteiger charge is -2.03. The fourth-order valence-electron chi connectivity index (χ4n) is 2.07. The van der Waals surface area contributed by atoms with Crippen molar-refractivity contribution < 1.29 is 14.4 Å². The van der Waals surface area contributed by atoms with Crippen molar-refractivity contribution in [1.29, 1.82) is 0 Å². The lowest BCUT2D eigenvalue weighted by molar-refractivity contribution is -0.115. The van der Waals surface area contributed by atoms with Gasteiger partial charge < -0.3 is 5.32 Å². The Labute approximate surface area is 129 Å². The van der Waals surface area contributed by atoms with Crippen molar-refractivity contribution in [2.75, 3.05) is 6.54 Å². The second-order valence-corrected chi connectivity index (χ2v) is 5.56. The number of nitrogens with zero attached hydrogens (tertiary/aromatic N) is 2. The minimum absolute atomic E-state index is 0.219. The Morgan fingerprint density at radius 1 is 1.45 bits per heavy atom. The van der Waals surface area contributed by atoms with Gasteiger partial charge >= 0.3 is 0 Å². The van der Waals surface area contributed by atoms with Gasteiger partial charge in [-0.25, -0.2) is 4.98 Å². The van der Waals surface area contributed by atoms with Gasteiger partial charge in [-0.1, -0.05) is 0 Å². The molecular weight excluding hydrogens is 304 g/mol. The highest BCUT2D eigenvalue weighted by Gasteiger charge is 2.25.